The zero-order valence-corrected chi connectivity index (χ0v) is 20.2. The third kappa shape index (κ3) is 4.17. The molecule has 0 unspecified atom stereocenters. The second-order valence-electron chi connectivity index (χ2n) is 8.98. The summed E-state index contributed by atoms with van der Waals surface area (Å²) >= 11 is 0. The number of pyridine rings is 2. The average Bonchev–Trinajstić information content (AvgIpc) is 3.36. The van der Waals surface area contributed by atoms with Crippen LogP contribution in [0.3, 0.4) is 0 Å². The molecular formula is C26H26F2N6O2. The van der Waals surface area contributed by atoms with Crippen molar-refractivity contribution in [2.45, 2.75) is 32.4 Å². The summed E-state index contributed by atoms with van der Waals surface area (Å²) in [6, 6.07) is 10.7. The first-order chi connectivity index (χ1) is 17.2. The number of halogens is 2. The van der Waals surface area contributed by atoms with Crippen LogP contribution in [0.15, 0.2) is 58.4 Å². The van der Waals surface area contributed by atoms with Gasteiger partial charge in [0.1, 0.15) is 24.1 Å². The number of benzene rings is 1. The van der Waals surface area contributed by atoms with Crippen LogP contribution in [-0.2, 0) is 19.5 Å². The molecule has 1 aromatic carbocycles. The number of aryl methyl sites for hydroxylation is 2. The van der Waals surface area contributed by atoms with Crippen LogP contribution in [0.25, 0.3) is 22.5 Å². The molecule has 4 heterocycles. The van der Waals surface area contributed by atoms with Gasteiger partial charge in [-0.25, -0.2) is 9.97 Å². The van der Waals surface area contributed by atoms with E-state index in [1.807, 2.05) is 13.0 Å². The Balaban J connectivity index is 1.69. The number of hydrogen-bond acceptors (Lipinski definition) is 6. The van der Waals surface area contributed by atoms with Crippen molar-refractivity contribution in [2.24, 2.45) is 12.0 Å². The highest BCUT2D eigenvalue weighted by atomic mass is 19.3. The summed E-state index contributed by atoms with van der Waals surface area (Å²) in [5.41, 5.74) is 3.14. The van der Waals surface area contributed by atoms with Gasteiger partial charge >= 0.3 is 0 Å². The molecule has 2 aromatic rings. The van der Waals surface area contributed by atoms with Gasteiger partial charge in [0.25, 0.3) is 5.92 Å². The van der Waals surface area contributed by atoms with Crippen LogP contribution in [0.2, 0.25) is 0 Å². The minimum Gasteiger partial charge on any atom is -0.390 e. The van der Waals surface area contributed by atoms with Gasteiger partial charge in [-0.05, 0) is 37.6 Å². The second kappa shape index (κ2) is 8.94. The van der Waals surface area contributed by atoms with Crippen molar-refractivity contribution in [1.82, 2.24) is 19.1 Å². The molecule has 3 aliphatic heterocycles. The van der Waals surface area contributed by atoms with Crippen LogP contribution in [-0.4, -0.2) is 37.4 Å². The highest BCUT2D eigenvalue weighted by Crippen LogP contribution is 2.36. The SMILES string of the molecule is Cc1nc2n3c(c(-c4ccc(=O)n(C)c4)cc-2c(=N[C@H](C)c2cccc(C(F)(F)CO)c2)n1)NCC3. The van der Waals surface area contributed by atoms with Gasteiger partial charge in [-0.2, -0.15) is 8.78 Å². The molecule has 8 nitrogen and oxygen atoms in total. The Hall–Kier alpha value is -3.92. The average molecular weight is 493 g/mol. The summed E-state index contributed by atoms with van der Waals surface area (Å²) in [5.74, 6) is -1.16. The van der Waals surface area contributed by atoms with Crippen molar-refractivity contribution in [3.63, 3.8) is 0 Å². The largest absolute Gasteiger partial charge is 0.390 e. The lowest BCUT2D eigenvalue weighted by atomic mass is 10.0. The number of nitrogens with zero attached hydrogens (tertiary/aromatic N) is 5. The minimum absolute atomic E-state index is 0.103. The Morgan fingerprint density at radius 2 is 2.00 bits per heavy atom. The lowest BCUT2D eigenvalue weighted by Gasteiger charge is -2.19. The van der Waals surface area contributed by atoms with Crippen molar-refractivity contribution in [2.75, 3.05) is 18.5 Å². The molecule has 5 rings (SSSR count). The number of nitrogens with one attached hydrogen (secondary N) is 1. The molecule has 0 spiro atoms. The number of aromatic nitrogens is 4. The van der Waals surface area contributed by atoms with Gasteiger partial charge < -0.3 is 19.6 Å². The third-order valence-electron chi connectivity index (χ3n) is 6.42. The van der Waals surface area contributed by atoms with E-state index in [9.17, 15) is 13.6 Å². The van der Waals surface area contributed by atoms with E-state index in [2.05, 4.69) is 19.9 Å². The zero-order valence-electron chi connectivity index (χ0n) is 20.2. The molecule has 36 heavy (non-hydrogen) atoms. The molecule has 186 valence electrons. The van der Waals surface area contributed by atoms with Crippen LogP contribution < -0.4 is 16.4 Å². The molecule has 3 aliphatic rings. The molecule has 0 amide bonds. The molecule has 0 saturated heterocycles. The smallest absolute Gasteiger partial charge is 0.295 e. The molecule has 0 bridgehead atoms. The Bertz CT molecular complexity index is 1560. The quantitative estimate of drug-likeness (QED) is 0.446. The summed E-state index contributed by atoms with van der Waals surface area (Å²) in [4.78, 5) is 26.0. The topological polar surface area (TPSA) is 97.3 Å². The normalized spacial score (nSPS) is 14.7. The standard InChI is InChI=1S/C26H26F2N6O2/c1-15(17-5-4-6-19(11-17)26(27,28)14-35)30-23-21-12-20(18-7-8-22(36)33(3)13-18)24-29-9-10-34(24)25(21)32-16(2)31-23/h4-8,11-13,15,29,35H,9-10,14H2,1-3H3/t15-/m1/s1. The van der Waals surface area contributed by atoms with Crippen molar-refractivity contribution < 1.29 is 13.9 Å². The maximum atomic E-state index is 14.1. The summed E-state index contributed by atoms with van der Waals surface area (Å²) in [5, 5.41) is 12.5. The fourth-order valence-electron chi connectivity index (χ4n) is 4.49. The molecule has 10 heteroatoms. The van der Waals surface area contributed by atoms with Crippen molar-refractivity contribution >= 4 is 5.82 Å². The predicted octanol–water partition coefficient (Wildman–Crippen LogP) is 3.23. The number of rotatable bonds is 5. The first kappa shape index (κ1) is 23.8. The van der Waals surface area contributed by atoms with E-state index in [0.29, 0.717) is 23.4 Å². The summed E-state index contributed by atoms with van der Waals surface area (Å²) in [7, 11) is 1.71. The van der Waals surface area contributed by atoms with Crippen molar-refractivity contribution in [1.29, 1.82) is 0 Å². The maximum absolute atomic E-state index is 14.1. The first-order valence-electron chi connectivity index (χ1n) is 11.6. The molecule has 2 N–H and O–H groups in total. The number of alkyl halides is 2. The summed E-state index contributed by atoms with van der Waals surface area (Å²) in [6.45, 7) is 3.78. The van der Waals surface area contributed by atoms with E-state index in [1.54, 1.807) is 32.3 Å². The Labute approximate surface area is 206 Å². The number of aliphatic hydroxyl groups is 1. The number of hydrogen-bond donors (Lipinski definition) is 2. The van der Waals surface area contributed by atoms with E-state index in [-0.39, 0.29) is 11.1 Å². The second-order valence-corrected chi connectivity index (χ2v) is 8.98. The van der Waals surface area contributed by atoms with Crippen LogP contribution in [0.5, 0.6) is 0 Å². The summed E-state index contributed by atoms with van der Waals surface area (Å²) in [6.07, 6.45) is 1.78. The molecule has 0 saturated carbocycles. The maximum Gasteiger partial charge on any atom is 0.295 e. The van der Waals surface area contributed by atoms with Gasteiger partial charge in [0.05, 0.1) is 11.6 Å². The molecular weight excluding hydrogens is 466 g/mol. The molecule has 0 fully saturated rings. The molecule has 0 aliphatic carbocycles. The van der Waals surface area contributed by atoms with Gasteiger partial charge in [-0.1, -0.05) is 18.2 Å². The van der Waals surface area contributed by atoms with Crippen LogP contribution in [0.4, 0.5) is 14.6 Å². The highest BCUT2D eigenvalue weighted by Gasteiger charge is 2.31. The first-order valence-corrected chi connectivity index (χ1v) is 11.6. The van der Waals surface area contributed by atoms with Gasteiger partial charge in [0, 0.05) is 49.1 Å². The van der Waals surface area contributed by atoms with E-state index < -0.39 is 18.6 Å². The highest BCUT2D eigenvalue weighted by molar-refractivity contribution is 5.81. The van der Waals surface area contributed by atoms with Crippen LogP contribution in [0.1, 0.15) is 29.9 Å². The van der Waals surface area contributed by atoms with Gasteiger partial charge in [-0.3, -0.25) is 9.79 Å². The monoisotopic (exact) mass is 492 g/mol. The number of aliphatic hydroxyl groups excluding tert-OH is 1. The van der Waals surface area contributed by atoms with Crippen LogP contribution >= 0.6 is 0 Å². The van der Waals surface area contributed by atoms with Gasteiger partial charge in [-0.15, -0.1) is 0 Å². The fraction of sp³-hybridized carbons (Fsp3) is 0.308. The third-order valence-corrected chi connectivity index (χ3v) is 6.42. The lowest BCUT2D eigenvalue weighted by molar-refractivity contribution is -0.0556. The van der Waals surface area contributed by atoms with E-state index >= 15 is 0 Å². The molecule has 0 radical (unpaired) electrons. The lowest BCUT2D eigenvalue weighted by Crippen LogP contribution is -2.21. The van der Waals surface area contributed by atoms with Crippen LogP contribution in [0, 0.1) is 6.92 Å². The predicted molar refractivity (Wildman–Crippen MR) is 132 cm³/mol. The Morgan fingerprint density at radius 3 is 2.75 bits per heavy atom. The number of fused-ring (bicyclic) bond motifs is 3. The van der Waals surface area contributed by atoms with E-state index in [4.69, 9.17) is 10.1 Å². The zero-order chi connectivity index (χ0) is 25.6. The molecule has 1 aromatic heterocycles. The van der Waals surface area contributed by atoms with Crippen molar-refractivity contribution in [3.05, 3.63) is 81.5 Å². The number of anilines is 1. The Morgan fingerprint density at radius 1 is 1.19 bits per heavy atom. The van der Waals surface area contributed by atoms with Crippen molar-refractivity contribution in [3.8, 4) is 22.5 Å². The molecule has 1 atom stereocenters. The van der Waals surface area contributed by atoms with Gasteiger partial charge in [0.15, 0.2) is 5.49 Å². The minimum atomic E-state index is -3.33. The van der Waals surface area contributed by atoms with Gasteiger partial charge in [0.2, 0.25) is 5.56 Å². The summed E-state index contributed by atoms with van der Waals surface area (Å²) < 4.78 is 31.8. The van der Waals surface area contributed by atoms with E-state index in [1.165, 1.54) is 28.8 Å². The fourth-order valence-corrected chi connectivity index (χ4v) is 4.49. The van der Waals surface area contributed by atoms with E-state index in [0.717, 1.165) is 34.9 Å². The Kier molecular flexibility index (Phi) is 5.91.